The van der Waals surface area contributed by atoms with Crippen molar-refractivity contribution in [2.45, 2.75) is 6.10 Å². The van der Waals surface area contributed by atoms with Crippen molar-refractivity contribution in [3.63, 3.8) is 0 Å². The minimum Gasteiger partial charge on any atom is -0.375 e. The number of benzene rings is 1. The topological polar surface area (TPSA) is 18.5 Å². The minimum atomic E-state index is -0.102. The van der Waals surface area contributed by atoms with Gasteiger partial charge in [-0.05, 0) is 24.3 Å². The third kappa shape index (κ3) is 3.24. The fourth-order valence-corrected chi connectivity index (χ4v) is 1.39. The third-order valence-corrected chi connectivity index (χ3v) is 2.29. The van der Waals surface area contributed by atoms with E-state index in [1.165, 1.54) is 0 Å². The first-order valence-electron chi connectivity index (χ1n) is 4.81. The molecule has 1 aromatic carbocycles. The lowest BCUT2D eigenvalue weighted by atomic mass is 10.2. The lowest BCUT2D eigenvalue weighted by Crippen LogP contribution is -2.27. The van der Waals surface area contributed by atoms with Crippen LogP contribution in [0.15, 0.2) is 24.3 Å². The molecular formula is C12H11ClO2. The Labute approximate surface area is 94.1 Å². The standard InChI is InChI=1S/C12H11ClO2/c13-11-4-1-10(2-5-11)3-6-12-9-14-7-8-15-12/h1-2,4-5,12H,7-9H2. The maximum absolute atomic E-state index is 5.77. The average Bonchev–Trinajstić information content (AvgIpc) is 2.30. The van der Waals surface area contributed by atoms with Crippen LogP contribution >= 0.6 is 11.6 Å². The second-order valence-electron chi connectivity index (χ2n) is 3.21. The lowest BCUT2D eigenvalue weighted by molar-refractivity contribution is -0.0635. The highest BCUT2D eigenvalue weighted by Crippen LogP contribution is 2.08. The minimum absolute atomic E-state index is 0.102. The Hall–Kier alpha value is -1.01. The summed E-state index contributed by atoms with van der Waals surface area (Å²) < 4.78 is 10.6. The molecule has 3 heteroatoms. The van der Waals surface area contributed by atoms with Gasteiger partial charge in [-0.15, -0.1) is 0 Å². The molecule has 2 rings (SSSR count). The van der Waals surface area contributed by atoms with Gasteiger partial charge < -0.3 is 9.47 Å². The van der Waals surface area contributed by atoms with Crippen LogP contribution in [0.3, 0.4) is 0 Å². The van der Waals surface area contributed by atoms with Crippen LogP contribution in [0, 0.1) is 11.8 Å². The van der Waals surface area contributed by atoms with Crippen molar-refractivity contribution >= 4 is 11.6 Å². The van der Waals surface area contributed by atoms with E-state index >= 15 is 0 Å². The van der Waals surface area contributed by atoms with Crippen LogP contribution in [-0.4, -0.2) is 25.9 Å². The van der Waals surface area contributed by atoms with Crippen molar-refractivity contribution in [3.8, 4) is 11.8 Å². The monoisotopic (exact) mass is 222 g/mol. The second-order valence-corrected chi connectivity index (χ2v) is 3.65. The zero-order chi connectivity index (χ0) is 10.5. The predicted molar refractivity (Wildman–Crippen MR) is 58.9 cm³/mol. The maximum atomic E-state index is 5.77. The van der Waals surface area contributed by atoms with Crippen LogP contribution in [0.1, 0.15) is 5.56 Å². The highest BCUT2D eigenvalue weighted by atomic mass is 35.5. The lowest BCUT2D eigenvalue weighted by Gasteiger charge is -2.17. The predicted octanol–water partition coefficient (Wildman–Crippen LogP) is 2.11. The van der Waals surface area contributed by atoms with Crippen LogP contribution < -0.4 is 0 Å². The molecule has 78 valence electrons. The van der Waals surface area contributed by atoms with Crippen molar-refractivity contribution in [2.24, 2.45) is 0 Å². The summed E-state index contributed by atoms with van der Waals surface area (Å²) >= 11 is 5.77. The van der Waals surface area contributed by atoms with E-state index in [0.29, 0.717) is 19.8 Å². The van der Waals surface area contributed by atoms with Crippen LogP contribution in [-0.2, 0) is 9.47 Å². The summed E-state index contributed by atoms with van der Waals surface area (Å²) in [6.45, 7) is 1.85. The fourth-order valence-electron chi connectivity index (χ4n) is 1.27. The van der Waals surface area contributed by atoms with E-state index in [2.05, 4.69) is 11.8 Å². The normalized spacial score (nSPS) is 20.5. The summed E-state index contributed by atoms with van der Waals surface area (Å²) in [5.74, 6) is 6.04. The Bertz CT molecular complexity index is 369. The van der Waals surface area contributed by atoms with E-state index in [4.69, 9.17) is 21.1 Å². The molecule has 1 saturated heterocycles. The molecule has 0 N–H and O–H groups in total. The third-order valence-electron chi connectivity index (χ3n) is 2.04. The largest absolute Gasteiger partial charge is 0.375 e. The highest BCUT2D eigenvalue weighted by molar-refractivity contribution is 6.30. The molecular weight excluding hydrogens is 212 g/mol. The van der Waals surface area contributed by atoms with E-state index in [-0.39, 0.29) is 6.10 Å². The van der Waals surface area contributed by atoms with Crippen molar-refractivity contribution in [1.82, 2.24) is 0 Å². The van der Waals surface area contributed by atoms with Gasteiger partial charge in [0.2, 0.25) is 0 Å². The van der Waals surface area contributed by atoms with Gasteiger partial charge in [0, 0.05) is 10.6 Å². The molecule has 15 heavy (non-hydrogen) atoms. The van der Waals surface area contributed by atoms with Gasteiger partial charge in [-0.3, -0.25) is 0 Å². The summed E-state index contributed by atoms with van der Waals surface area (Å²) in [7, 11) is 0. The Kier molecular flexibility index (Phi) is 3.63. The zero-order valence-corrected chi connectivity index (χ0v) is 8.96. The molecule has 2 nitrogen and oxygen atoms in total. The Balaban J connectivity index is 2.00. The Morgan fingerprint density at radius 3 is 2.67 bits per heavy atom. The van der Waals surface area contributed by atoms with Gasteiger partial charge in [0.1, 0.15) is 6.10 Å². The van der Waals surface area contributed by atoms with Crippen LogP contribution in [0.25, 0.3) is 0 Å². The number of rotatable bonds is 0. The maximum Gasteiger partial charge on any atom is 0.141 e. The molecule has 1 unspecified atom stereocenters. The molecule has 0 saturated carbocycles. The van der Waals surface area contributed by atoms with Crippen LogP contribution in [0.5, 0.6) is 0 Å². The van der Waals surface area contributed by atoms with Crippen LogP contribution in [0.4, 0.5) is 0 Å². The summed E-state index contributed by atoms with van der Waals surface area (Å²) in [5, 5.41) is 0.720. The summed E-state index contributed by atoms with van der Waals surface area (Å²) in [5.41, 5.74) is 0.938. The molecule has 0 bridgehead atoms. The first kappa shape index (κ1) is 10.5. The van der Waals surface area contributed by atoms with Gasteiger partial charge in [0.25, 0.3) is 0 Å². The number of hydrogen-bond donors (Lipinski definition) is 0. The van der Waals surface area contributed by atoms with E-state index < -0.39 is 0 Å². The molecule has 1 aliphatic rings. The van der Waals surface area contributed by atoms with Crippen molar-refractivity contribution in [3.05, 3.63) is 34.9 Å². The first-order chi connectivity index (χ1) is 7.34. The van der Waals surface area contributed by atoms with Gasteiger partial charge in [0.15, 0.2) is 0 Å². The summed E-state index contributed by atoms with van der Waals surface area (Å²) in [6.07, 6.45) is -0.102. The van der Waals surface area contributed by atoms with Gasteiger partial charge >= 0.3 is 0 Å². The molecule has 0 aliphatic carbocycles. The quantitative estimate of drug-likeness (QED) is 0.626. The smallest absolute Gasteiger partial charge is 0.141 e. The number of hydrogen-bond acceptors (Lipinski definition) is 2. The molecule has 1 fully saturated rings. The van der Waals surface area contributed by atoms with Crippen molar-refractivity contribution < 1.29 is 9.47 Å². The number of halogens is 1. The van der Waals surface area contributed by atoms with Gasteiger partial charge in [-0.2, -0.15) is 0 Å². The first-order valence-corrected chi connectivity index (χ1v) is 5.19. The van der Waals surface area contributed by atoms with E-state index in [1.54, 1.807) is 0 Å². The van der Waals surface area contributed by atoms with Gasteiger partial charge in [-0.25, -0.2) is 0 Å². The molecule has 1 aliphatic heterocycles. The Morgan fingerprint density at radius 2 is 2.00 bits per heavy atom. The molecule has 1 aromatic rings. The SMILES string of the molecule is Clc1ccc(C#CC2COCCO2)cc1. The van der Waals surface area contributed by atoms with Crippen molar-refractivity contribution in [1.29, 1.82) is 0 Å². The molecule has 1 heterocycles. The van der Waals surface area contributed by atoms with E-state index in [1.807, 2.05) is 24.3 Å². The number of ether oxygens (including phenoxy) is 2. The average molecular weight is 223 g/mol. The zero-order valence-electron chi connectivity index (χ0n) is 8.20. The van der Waals surface area contributed by atoms with Gasteiger partial charge in [0.05, 0.1) is 19.8 Å². The second kappa shape index (κ2) is 5.18. The molecule has 0 radical (unpaired) electrons. The van der Waals surface area contributed by atoms with Gasteiger partial charge in [-0.1, -0.05) is 23.4 Å². The Morgan fingerprint density at radius 1 is 1.20 bits per heavy atom. The molecule has 1 atom stereocenters. The van der Waals surface area contributed by atoms with E-state index in [0.717, 1.165) is 10.6 Å². The molecule has 0 spiro atoms. The molecule has 0 aromatic heterocycles. The van der Waals surface area contributed by atoms with Crippen LogP contribution in [0.2, 0.25) is 5.02 Å². The summed E-state index contributed by atoms with van der Waals surface area (Å²) in [4.78, 5) is 0. The van der Waals surface area contributed by atoms with Crippen molar-refractivity contribution in [2.75, 3.05) is 19.8 Å². The fraction of sp³-hybridized carbons (Fsp3) is 0.333. The summed E-state index contributed by atoms with van der Waals surface area (Å²) in [6, 6.07) is 7.42. The van der Waals surface area contributed by atoms with E-state index in [9.17, 15) is 0 Å². The molecule has 0 amide bonds. The highest BCUT2D eigenvalue weighted by Gasteiger charge is 2.10.